The van der Waals surface area contributed by atoms with Crippen LogP contribution in [0.1, 0.15) is 43.4 Å². The Morgan fingerprint density at radius 3 is 1.03 bits per heavy atom. The van der Waals surface area contributed by atoms with E-state index in [0.717, 1.165) is 0 Å². The van der Waals surface area contributed by atoms with Crippen molar-refractivity contribution in [3.05, 3.63) is 240 Å². The molecule has 2 unspecified atom stereocenters. The summed E-state index contributed by atoms with van der Waals surface area (Å²) in [4.78, 5) is 0. The topological polar surface area (TPSA) is 0 Å². The zero-order valence-electron chi connectivity index (χ0n) is 36.7. The minimum absolute atomic E-state index is 0.0203. The molecule has 0 saturated heterocycles. The van der Waals surface area contributed by atoms with Crippen molar-refractivity contribution >= 4 is 82.8 Å². The SMILES string of the molecule is CC1=Cc2c(-c3cccc(P(c4ccccc4)c4ccccc4)c3)cccc2[CH]1[Zr]([Cl])([Cl])([CH]1C(C)=Cc2c(-c3cccc(P(c4ccccc4)c4ccccc4)c3)cccc21)[SiH](C)C. The van der Waals surface area contributed by atoms with Crippen LogP contribution >= 0.6 is 32.9 Å². The maximum atomic E-state index is 8.75. The predicted octanol–water partition coefficient (Wildman–Crippen LogP) is 14.1. The second-order valence-electron chi connectivity index (χ2n) is 17.8. The molecule has 0 aliphatic heterocycles. The molecule has 8 aromatic carbocycles. The van der Waals surface area contributed by atoms with Gasteiger partial charge in [0, 0.05) is 0 Å². The number of hydrogen-bond donors (Lipinski definition) is 0. The van der Waals surface area contributed by atoms with E-state index in [4.69, 9.17) is 17.0 Å². The Morgan fingerprint density at radius 2 is 0.703 bits per heavy atom. The maximum absolute atomic E-state index is 8.75. The Balaban J connectivity index is 1.05. The van der Waals surface area contributed by atoms with Crippen LogP contribution in [0.25, 0.3) is 34.4 Å². The molecule has 10 rings (SSSR count). The van der Waals surface area contributed by atoms with E-state index in [2.05, 4.69) is 245 Å². The molecule has 0 bridgehead atoms. The van der Waals surface area contributed by atoms with E-state index >= 15 is 0 Å². The van der Waals surface area contributed by atoms with Gasteiger partial charge in [-0.25, -0.2) is 0 Å². The van der Waals surface area contributed by atoms with E-state index in [1.165, 1.54) is 87.5 Å². The first-order valence-corrected chi connectivity index (χ1v) is 41.3. The molecule has 0 heterocycles. The van der Waals surface area contributed by atoms with Gasteiger partial charge in [0.1, 0.15) is 0 Å². The molecule has 8 aromatic rings. The average Bonchev–Trinajstić information content (AvgIpc) is 3.87. The number of hydrogen-bond acceptors (Lipinski definition) is 0. The minimum atomic E-state index is -4.93. The van der Waals surface area contributed by atoms with Crippen molar-refractivity contribution in [1.82, 2.24) is 0 Å². The third-order valence-electron chi connectivity index (χ3n) is 13.7. The van der Waals surface area contributed by atoms with Crippen LogP contribution in [0.3, 0.4) is 0 Å². The normalized spacial score (nSPS) is 16.3. The fraction of sp³-hybridized carbons (Fsp3) is 0.103. The second-order valence-corrected chi connectivity index (χ2v) is 64.7. The Kier molecular flexibility index (Phi) is 12.2. The summed E-state index contributed by atoms with van der Waals surface area (Å²) in [7, 11) is 16.0. The summed E-state index contributed by atoms with van der Waals surface area (Å²) in [6.07, 6.45) is 4.87. The molecule has 0 spiro atoms. The number of halogens is 2. The van der Waals surface area contributed by atoms with Crippen LogP contribution in [0.5, 0.6) is 0 Å². The molecule has 0 nitrogen and oxygen atoms in total. The van der Waals surface area contributed by atoms with Crippen molar-refractivity contribution in [1.29, 1.82) is 0 Å². The molecule has 0 amide bonds. The molecule has 0 radical (unpaired) electrons. The molecule has 0 fully saturated rings. The molecule has 0 saturated carbocycles. The Labute approximate surface area is 391 Å². The van der Waals surface area contributed by atoms with E-state index in [0.29, 0.717) is 0 Å². The van der Waals surface area contributed by atoms with Gasteiger partial charge in [-0.2, -0.15) is 0 Å². The van der Waals surface area contributed by atoms with Gasteiger partial charge in [0.05, 0.1) is 0 Å². The summed E-state index contributed by atoms with van der Waals surface area (Å²) in [5, 5.41) is 8.08. The Bertz CT molecular complexity index is 2780. The molecule has 2 aliphatic carbocycles. The molecule has 0 aromatic heterocycles. The van der Waals surface area contributed by atoms with Gasteiger partial charge in [0.25, 0.3) is 0 Å². The van der Waals surface area contributed by atoms with Gasteiger partial charge in [0.15, 0.2) is 0 Å². The molecule has 64 heavy (non-hydrogen) atoms. The zero-order valence-corrected chi connectivity index (χ0v) is 43.6. The van der Waals surface area contributed by atoms with Gasteiger partial charge >= 0.3 is 394 Å². The fourth-order valence-corrected chi connectivity index (χ4v) is 48.3. The number of benzene rings is 8. The predicted molar refractivity (Wildman–Crippen MR) is 285 cm³/mol. The van der Waals surface area contributed by atoms with Crippen molar-refractivity contribution in [3.63, 3.8) is 0 Å². The number of fused-ring (bicyclic) bond motifs is 2. The molecule has 2 aliphatic rings. The first-order chi connectivity index (χ1) is 31.1. The van der Waals surface area contributed by atoms with Gasteiger partial charge in [-0.1, -0.05) is 0 Å². The molecular formula is C58H51Cl2P2SiZr. The van der Waals surface area contributed by atoms with Gasteiger partial charge in [0.2, 0.25) is 0 Å². The van der Waals surface area contributed by atoms with Crippen LogP contribution < -0.4 is 31.8 Å². The van der Waals surface area contributed by atoms with Crippen LogP contribution in [-0.2, 0) is 15.6 Å². The summed E-state index contributed by atoms with van der Waals surface area (Å²) in [5.74, 6) is -1.71. The summed E-state index contributed by atoms with van der Waals surface area (Å²) in [6.45, 7) is 9.48. The number of rotatable bonds is 11. The molecular weight excluding hydrogens is 949 g/mol. The molecule has 0 N–H and O–H groups in total. The molecule has 315 valence electrons. The van der Waals surface area contributed by atoms with Gasteiger partial charge in [-0.05, 0) is 0 Å². The standard InChI is InChI=1S/2C28H22P.C2H7Si.2ClH.Zr/c2*1-21-18-22-11-9-17-27(28(22)19-21)23-10-8-16-26(20-23)29(24-12-4-2-5-13-24)25-14-6-3-7-15-25;1-3-2;;;/h2*2-20H,1H3;3H,1-2H3;2*1H;/q;;;;;+2/p-2. The average molecular weight is 1000 g/mol. The third-order valence-corrected chi connectivity index (χ3v) is 70.8. The van der Waals surface area contributed by atoms with Crippen LogP contribution in [0.15, 0.2) is 217 Å². The van der Waals surface area contributed by atoms with Crippen molar-refractivity contribution in [2.24, 2.45) is 0 Å². The van der Waals surface area contributed by atoms with E-state index in [-0.39, 0.29) is 7.25 Å². The van der Waals surface area contributed by atoms with E-state index in [1.807, 2.05) is 0 Å². The summed E-state index contributed by atoms with van der Waals surface area (Å²) >= 11 is -4.93. The van der Waals surface area contributed by atoms with Crippen LogP contribution in [-0.4, -0.2) is 5.92 Å². The van der Waals surface area contributed by atoms with Crippen LogP contribution in [0.4, 0.5) is 0 Å². The van der Waals surface area contributed by atoms with E-state index in [1.54, 1.807) is 0 Å². The van der Waals surface area contributed by atoms with Gasteiger partial charge in [-0.15, -0.1) is 0 Å². The Hall–Kier alpha value is -4.22. The van der Waals surface area contributed by atoms with Crippen molar-refractivity contribution in [2.75, 3.05) is 0 Å². The molecule has 2 atom stereocenters. The Morgan fingerprint density at radius 1 is 0.391 bits per heavy atom. The van der Waals surface area contributed by atoms with E-state index < -0.39 is 37.3 Å². The second kappa shape index (κ2) is 17.9. The summed E-state index contributed by atoms with van der Waals surface area (Å²) in [5.41, 5.74) is 12.8. The van der Waals surface area contributed by atoms with Gasteiger partial charge in [-0.3, -0.25) is 0 Å². The van der Waals surface area contributed by atoms with E-state index in [9.17, 15) is 0 Å². The van der Waals surface area contributed by atoms with Crippen LogP contribution in [0, 0.1) is 0 Å². The summed E-state index contributed by atoms with van der Waals surface area (Å²) in [6, 6.07) is 76.2. The van der Waals surface area contributed by atoms with Gasteiger partial charge < -0.3 is 0 Å². The number of allylic oxidation sites excluding steroid dienone is 2. The van der Waals surface area contributed by atoms with Crippen molar-refractivity contribution in [3.8, 4) is 22.3 Å². The first kappa shape index (κ1) is 43.7. The molecule has 6 heteroatoms. The zero-order chi connectivity index (χ0) is 44.0. The third kappa shape index (κ3) is 7.68. The first-order valence-electron chi connectivity index (χ1n) is 22.3. The monoisotopic (exact) mass is 997 g/mol. The van der Waals surface area contributed by atoms with Crippen LogP contribution in [0.2, 0.25) is 13.1 Å². The van der Waals surface area contributed by atoms with Crippen molar-refractivity contribution in [2.45, 2.75) is 34.2 Å². The fourth-order valence-electron chi connectivity index (χ4n) is 10.7. The van der Waals surface area contributed by atoms with Crippen molar-refractivity contribution < 1.29 is 15.6 Å². The summed E-state index contributed by atoms with van der Waals surface area (Å²) < 4.78 is 0.0406. The quantitative estimate of drug-likeness (QED) is 0.0895.